The van der Waals surface area contributed by atoms with E-state index in [2.05, 4.69) is 4.90 Å². The minimum Gasteiger partial charge on any atom is -0.503 e. The van der Waals surface area contributed by atoms with Crippen molar-refractivity contribution >= 4 is 22.7 Å². The number of aliphatic hydroxyl groups excluding tert-OH is 1. The summed E-state index contributed by atoms with van der Waals surface area (Å²) in [5.74, 6) is -0.893. The van der Waals surface area contributed by atoms with Crippen LogP contribution in [0.3, 0.4) is 0 Å². The lowest BCUT2D eigenvalue weighted by Crippen LogP contribution is -2.43. The first kappa shape index (κ1) is 23.1. The summed E-state index contributed by atoms with van der Waals surface area (Å²) in [7, 11) is 0. The lowest BCUT2D eigenvalue weighted by molar-refractivity contribution is -0.129. The summed E-state index contributed by atoms with van der Waals surface area (Å²) in [5, 5.41) is 11.7. The number of carbonyl (C=O) groups is 2. The Morgan fingerprint density at radius 1 is 1.09 bits per heavy atom. The van der Waals surface area contributed by atoms with Gasteiger partial charge >= 0.3 is 0 Å². The highest BCUT2D eigenvalue weighted by Crippen LogP contribution is 2.40. The molecule has 1 saturated heterocycles. The van der Waals surface area contributed by atoms with E-state index < -0.39 is 23.5 Å². The number of hydrogen-bond acceptors (Lipinski definition) is 7. The average molecular weight is 477 g/mol. The number of furan rings is 1. The number of hydrogen-bond donors (Lipinski definition) is 1. The fourth-order valence-electron chi connectivity index (χ4n) is 4.70. The number of ether oxygens (including phenoxy) is 2. The molecule has 8 nitrogen and oxygen atoms in total. The molecule has 0 unspecified atom stereocenters. The van der Waals surface area contributed by atoms with Crippen molar-refractivity contribution in [2.75, 3.05) is 46.0 Å². The SMILES string of the molecule is CCOc1cccc([C@@H]2C(C(=O)c3cc4ccccc4o3)=C(O)C(=O)N2CCN2CCOCC2)c1. The van der Waals surface area contributed by atoms with E-state index in [1.165, 1.54) is 0 Å². The molecule has 5 rings (SSSR count). The number of nitrogens with zero attached hydrogens (tertiary/aromatic N) is 2. The molecule has 2 aliphatic heterocycles. The average Bonchev–Trinajstić information content (AvgIpc) is 3.43. The van der Waals surface area contributed by atoms with E-state index in [1.807, 2.05) is 49.4 Å². The van der Waals surface area contributed by atoms with Crippen molar-refractivity contribution in [1.82, 2.24) is 9.80 Å². The maximum absolute atomic E-state index is 13.7. The predicted molar refractivity (Wildman–Crippen MR) is 130 cm³/mol. The van der Waals surface area contributed by atoms with Crippen LogP contribution in [0.1, 0.15) is 29.1 Å². The molecule has 2 aliphatic rings. The van der Waals surface area contributed by atoms with Gasteiger partial charge in [0.25, 0.3) is 5.91 Å². The van der Waals surface area contributed by atoms with E-state index in [9.17, 15) is 14.7 Å². The molecule has 3 aromatic rings. The van der Waals surface area contributed by atoms with Crippen LogP contribution in [0, 0.1) is 0 Å². The Morgan fingerprint density at radius 2 is 1.89 bits per heavy atom. The van der Waals surface area contributed by atoms with Gasteiger partial charge in [-0.25, -0.2) is 0 Å². The molecule has 0 saturated carbocycles. The number of ketones is 1. The molecule has 3 heterocycles. The highest BCUT2D eigenvalue weighted by molar-refractivity contribution is 6.16. The molecular weight excluding hydrogens is 448 g/mol. The van der Waals surface area contributed by atoms with Gasteiger partial charge in [-0.05, 0) is 36.8 Å². The van der Waals surface area contributed by atoms with E-state index in [1.54, 1.807) is 17.0 Å². The number of aliphatic hydroxyl groups is 1. The van der Waals surface area contributed by atoms with Crippen LogP contribution in [0.2, 0.25) is 0 Å². The van der Waals surface area contributed by atoms with Crippen LogP contribution in [-0.2, 0) is 9.53 Å². The Morgan fingerprint density at radius 3 is 2.66 bits per heavy atom. The standard InChI is InChI=1S/C27H28N2O6/c1-2-34-20-8-5-7-19(16-20)24-23(25(30)22-17-18-6-3-4-9-21(18)35-22)26(31)27(32)29(24)11-10-28-12-14-33-15-13-28/h3-9,16-17,24,31H,2,10-15H2,1H3/t24-/m1/s1. The fraction of sp³-hybridized carbons (Fsp3) is 0.333. The molecule has 1 N–H and O–H groups in total. The van der Waals surface area contributed by atoms with Crippen LogP contribution < -0.4 is 4.74 Å². The minimum atomic E-state index is -0.760. The Bertz CT molecular complexity index is 1240. The zero-order valence-electron chi connectivity index (χ0n) is 19.6. The molecule has 1 fully saturated rings. The number of Topliss-reactive ketones (excluding diaryl/α,β-unsaturated/α-hetero) is 1. The smallest absolute Gasteiger partial charge is 0.290 e. The number of carbonyl (C=O) groups excluding carboxylic acids is 2. The van der Waals surface area contributed by atoms with E-state index in [4.69, 9.17) is 13.9 Å². The molecule has 0 spiro atoms. The highest BCUT2D eigenvalue weighted by Gasteiger charge is 2.44. The van der Waals surface area contributed by atoms with Crippen LogP contribution in [0.25, 0.3) is 11.0 Å². The zero-order valence-corrected chi connectivity index (χ0v) is 19.6. The lowest BCUT2D eigenvalue weighted by Gasteiger charge is -2.31. The first-order valence-corrected chi connectivity index (χ1v) is 11.9. The molecular formula is C27H28N2O6. The van der Waals surface area contributed by atoms with Crippen molar-refractivity contribution in [3.63, 3.8) is 0 Å². The van der Waals surface area contributed by atoms with Crippen LogP contribution in [0.4, 0.5) is 0 Å². The lowest BCUT2D eigenvalue weighted by atomic mass is 9.95. The minimum absolute atomic E-state index is 0.0182. The third kappa shape index (κ3) is 4.54. The van der Waals surface area contributed by atoms with Crippen LogP contribution in [-0.4, -0.2) is 72.6 Å². The van der Waals surface area contributed by atoms with Gasteiger partial charge in [0.15, 0.2) is 11.5 Å². The summed E-state index contributed by atoms with van der Waals surface area (Å²) in [6, 6.07) is 15.5. The van der Waals surface area contributed by atoms with Crippen LogP contribution in [0.5, 0.6) is 5.75 Å². The van der Waals surface area contributed by atoms with Gasteiger partial charge in [-0.1, -0.05) is 30.3 Å². The fourth-order valence-corrected chi connectivity index (χ4v) is 4.70. The summed E-state index contributed by atoms with van der Waals surface area (Å²) in [5.41, 5.74) is 1.28. The van der Waals surface area contributed by atoms with E-state index in [-0.39, 0.29) is 11.3 Å². The number of benzene rings is 2. The maximum atomic E-state index is 13.7. The first-order valence-electron chi connectivity index (χ1n) is 11.9. The number of morpholine rings is 1. The number of para-hydroxylation sites is 1. The Balaban J connectivity index is 1.51. The van der Waals surface area contributed by atoms with Crippen LogP contribution in [0.15, 0.2) is 70.3 Å². The monoisotopic (exact) mass is 476 g/mol. The second kappa shape index (κ2) is 9.93. The number of amides is 1. The topological polar surface area (TPSA) is 92.5 Å². The molecule has 182 valence electrons. The summed E-state index contributed by atoms with van der Waals surface area (Å²) in [6.07, 6.45) is 0. The molecule has 1 aromatic heterocycles. The molecule has 35 heavy (non-hydrogen) atoms. The Hall–Kier alpha value is -3.62. The van der Waals surface area contributed by atoms with E-state index in [0.29, 0.717) is 49.8 Å². The molecule has 1 amide bonds. The van der Waals surface area contributed by atoms with Crippen molar-refractivity contribution in [2.45, 2.75) is 13.0 Å². The number of fused-ring (bicyclic) bond motifs is 1. The van der Waals surface area contributed by atoms with E-state index >= 15 is 0 Å². The maximum Gasteiger partial charge on any atom is 0.290 e. The quantitative estimate of drug-likeness (QED) is 0.495. The highest BCUT2D eigenvalue weighted by atomic mass is 16.5. The predicted octanol–water partition coefficient (Wildman–Crippen LogP) is 3.74. The summed E-state index contributed by atoms with van der Waals surface area (Å²) in [4.78, 5) is 30.7. The molecule has 1 atom stereocenters. The Labute approximate surface area is 203 Å². The summed E-state index contributed by atoms with van der Waals surface area (Å²) < 4.78 is 16.9. The van der Waals surface area contributed by atoms with Crippen LogP contribution >= 0.6 is 0 Å². The van der Waals surface area contributed by atoms with E-state index in [0.717, 1.165) is 18.5 Å². The zero-order chi connectivity index (χ0) is 24.4. The van der Waals surface area contributed by atoms with Gasteiger partial charge in [-0.3, -0.25) is 14.5 Å². The molecule has 0 radical (unpaired) electrons. The largest absolute Gasteiger partial charge is 0.503 e. The molecule has 2 aromatic carbocycles. The first-order chi connectivity index (χ1) is 17.1. The molecule has 0 bridgehead atoms. The van der Waals surface area contributed by atoms with Crippen molar-refractivity contribution < 1.29 is 28.6 Å². The second-order valence-electron chi connectivity index (χ2n) is 8.60. The third-order valence-electron chi connectivity index (χ3n) is 6.44. The Kier molecular flexibility index (Phi) is 6.57. The van der Waals surface area contributed by atoms with Gasteiger partial charge < -0.3 is 23.9 Å². The third-order valence-corrected chi connectivity index (χ3v) is 6.44. The van der Waals surface area contributed by atoms with Crippen molar-refractivity contribution in [3.05, 3.63) is 77.3 Å². The van der Waals surface area contributed by atoms with Gasteiger partial charge in [-0.15, -0.1) is 0 Å². The van der Waals surface area contributed by atoms with Gasteiger partial charge in [0.2, 0.25) is 5.78 Å². The van der Waals surface area contributed by atoms with Gasteiger partial charge in [0.1, 0.15) is 11.3 Å². The summed E-state index contributed by atoms with van der Waals surface area (Å²) >= 11 is 0. The van der Waals surface area contributed by atoms with Crippen molar-refractivity contribution in [1.29, 1.82) is 0 Å². The summed E-state index contributed by atoms with van der Waals surface area (Å²) in [6.45, 7) is 6.18. The normalized spacial score (nSPS) is 19.1. The molecule has 0 aliphatic carbocycles. The van der Waals surface area contributed by atoms with Gasteiger partial charge in [0.05, 0.1) is 31.4 Å². The van der Waals surface area contributed by atoms with Gasteiger partial charge in [0, 0.05) is 31.6 Å². The molecule has 8 heteroatoms. The number of rotatable bonds is 8. The van der Waals surface area contributed by atoms with Crippen molar-refractivity contribution in [2.24, 2.45) is 0 Å². The second-order valence-corrected chi connectivity index (χ2v) is 8.60. The van der Waals surface area contributed by atoms with Crippen molar-refractivity contribution in [3.8, 4) is 5.75 Å². The van der Waals surface area contributed by atoms with Gasteiger partial charge in [-0.2, -0.15) is 0 Å².